The molecule has 0 aliphatic rings. The molecule has 5 nitrogen and oxygen atoms in total. The second-order valence-corrected chi connectivity index (χ2v) is 3.97. The molecule has 0 aliphatic heterocycles. The van der Waals surface area contributed by atoms with E-state index in [1.807, 2.05) is 24.3 Å². The molecule has 16 heavy (non-hydrogen) atoms. The van der Waals surface area contributed by atoms with E-state index < -0.39 is 0 Å². The fourth-order valence-electron chi connectivity index (χ4n) is 1.51. The Labute approximate surface area is 98.6 Å². The van der Waals surface area contributed by atoms with E-state index in [1.54, 1.807) is 0 Å². The minimum atomic E-state index is 0.440. The predicted molar refractivity (Wildman–Crippen MR) is 58.8 cm³/mol. The summed E-state index contributed by atoms with van der Waals surface area (Å²) in [6, 6.07) is 7.66. The predicted octanol–water partition coefficient (Wildman–Crippen LogP) is 2.56. The first kappa shape index (κ1) is 9.53. The molecule has 0 spiro atoms. The number of benzene rings is 1. The van der Waals surface area contributed by atoms with Crippen LogP contribution in [-0.4, -0.2) is 15.3 Å². The van der Waals surface area contributed by atoms with Crippen molar-refractivity contribution in [3.8, 4) is 0 Å². The number of fused-ring (bicyclic) bond motifs is 1. The Hall–Kier alpha value is -1.69. The molecule has 3 aromatic rings. The van der Waals surface area contributed by atoms with Gasteiger partial charge in [0.2, 0.25) is 10.6 Å². The number of nitrogens with zero attached hydrogens (tertiary/aromatic N) is 3. The van der Waals surface area contributed by atoms with Crippen LogP contribution in [0.4, 0.5) is 0 Å². The quantitative estimate of drug-likeness (QED) is 0.721. The van der Waals surface area contributed by atoms with Gasteiger partial charge in [-0.25, -0.2) is 0 Å². The molecule has 2 heterocycles. The van der Waals surface area contributed by atoms with Gasteiger partial charge in [-0.1, -0.05) is 17.3 Å². The van der Waals surface area contributed by atoms with Crippen LogP contribution in [0, 0.1) is 0 Å². The minimum absolute atomic E-state index is 0.440. The van der Waals surface area contributed by atoms with Crippen LogP contribution in [0.25, 0.3) is 11.0 Å². The third kappa shape index (κ3) is 1.61. The number of rotatable bonds is 2. The van der Waals surface area contributed by atoms with Gasteiger partial charge in [-0.3, -0.25) is 0 Å². The molecule has 0 unspecified atom stereocenters. The van der Waals surface area contributed by atoms with E-state index in [9.17, 15) is 0 Å². The van der Waals surface area contributed by atoms with Crippen LogP contribution in [0.15, 0.2) is 38.0 Å². The highest BCUT2D eigenvalue weighted by Crippen LogP contribution is 2.20. The van der Waals surface area contributed by atoms with Crippen molar-refractivity contribution < 1.29 is 9.05 Å². The number of hydrogen-bond acceptors (Lipinski definition) is 5. The van der Waals surface area contributed by atoms with Crippen molar-refractivity contribution in [1.29, 1.82) is 0 Å². The number of para-hydroxylation sites is 1. The molecule has 2 aromatic heterocycles. The second-order valence-electron chi connectivity index (χ2n) is 3.26. The summed E-state index contributed by atoms with van der Waals surface area (Å²) in [6.45, 7) is 0. The topological polar surface area (TPSA) is 65.0 Å². The third-order valence-corrected chi connectivity index (χ3v) is 2.54. The first-order chi connectivity index (χ1) is 7.83. The summed E-state index contributed by atoms with van der Waals surface area (Å²) in [5.41, 5.74) is 1.56. The molecule has 0 amide bonds. The molecule has 0 saturated heterocycles. The average Bonchev–Trinajstić information content (AvgIpc) is 2.87. The standard InChI is InChI=1S/C10H6BrN3O2/c11-10-12-9(16-14-10)5-7-6-3-1-2-4-8(6)15-13-7/h1-4H,5H2. The molecule has 3 rings (SSSR count). The Morgan fingerprint density at radius 2 is 2.00 bits per heavy atom. The number of halogens is 1. The maximum absolute atomic E-state index is 5.18. The minimum Gasteiger partial charge on any atom is -0.356 e. The lowest BCUT2D eigenvalue weighted by Gasteiger charge is -1.89. The van der Waals surface area contributed by atoms with Crippen LogP contribution in [0.2, 0.25) is 0 Å². The van der Waals surface area contributed by atoms with Gasteiger partial charge in [0.1, 0.15) is 5.69 Å². The van der Waals surface area contributed by atoms with Crippen molar-refractivity contribution in [1.82, 2.24) is 15.3 Å². The Bertz CT molecular complexity index is 632. The van der Waals surface area contributed by atoms with Crippen LogP contribution >= 0.6 is 15.9 Å². The van der Waals surface area contributed by atoms with Crippen molar-refractivity contribution >= 4 is 26.9 Å². The maximum Gasteiger partial charge on any atom is 0.238 e. The maximum atomic E-state index is 5.18. The van der Waals surface area contributed by atoms with Gasteiger partial charge in [0, 0.05) is 5.39 Å². The van der Waals surface area contributed by atoms with E-state index in [1.165, 1.54) is 0 Å². The van der Waals surface area contributed by atoms with Gasteiger partial charge in [-0.2, -0.15) is 4.98 Å². The van der Waals surface area contributed by atoms with E-state index in [4.69, 9.17) is 9.05 Å². The lowest BCUT2D eigenvalue weighted by molar-refractivity contribution is 0.376. The van der Waals surface area contributed by atoms with Gasteiger partial charge in [0.25, 0.3) is 0 Å². The molecule has 1 aromatic carbocycles. The van der Waals surface area contributed by atoms with Crippen LogP contribution in [0.5, 0.6) is 0 Å². The summed E-state index contributed by atoms with van der Waals surface area (Å²) < 4.78 is 10.6. The van der Waals surface area contributed by atoms with Crippen LogP contribution < -0.4 is 0 Å². The Morgan fingerprint density at radius 1 is 1.12 bits per heavy atom. The molecule has 80 valence electrons. The van der Waals surface area contributed by atoms with Gasteiger partial charge in [-0.15, -0.1) is 0 Å². The highest BCUT2D eigenvalue weighted by atomic mass is 79.9. The Kier molecular flexibility index (Phi) is 2.21. The zero-order valence-electron chi connectivity index (χ0n) is 8.05. The number of hydrogen-bond donors (Lipinski definition) is 0. The van der Waals surface area contributed by atoms with Gasteiger partial charge in [0.15, 0.2) is 5.58 Å². The summed E-state index contributed by atoms with van der Waals surface area (Å²) in [5, 5.41) is 8.60. The molecule has 0 saturated carbocycles. The van der Waals surface area contributed by atoms with Crippen molar-refractivity contribution in [2.75, 3.05) is 0 Å². The molecule has 0 N–H and O–H groups in total. The normalized spacial score (nSPS) is 11.1. The SMILES string of the molecule is Brc1noc(Cc2noc3ccccc23)n1. The first-order valence-corrected chi connectivity index (χ1v) is 5.43. The summed E-state index contributed by atoms with van der Waals surface area (Å²) in [7, 11) is 0. The zero-order chi connectivity index (χ0) is 11.0. The molecule has 6 heteroatoms. The van der Waals surface area contributed by atoms with Crippen LogP contribution in [-0.2, 0) is 6.42 Å². The van der Waals surface area contributed by atoms with Crippen molar-refractivity contribution in [3.63, 3.8) is 0 Å². The molecule has 0 bridgehead atoms. The summed E-state index contributed by atoms with van der Waals surface area (Å²) >= 11 is 3.13. The van der Waals surface area contributed by atoms with Crippen molar-refractivity contribution in [2.45, 2.75) is 6.42 Å². The lowest BCUT2D eigenvalue weighted by atomic mass is 10.2. The summed E-state index contributed by atoms with van der Waals surface area (Å²) in [4.78, 5) is 4.05. The van der Waals surface area contributed by atoms with Gasteiger partial charge in [0.05, 0.1) is 6.42 Å². The Morgan fingerprint density at radius 3 is 2.81 bits per heavy atom. The first-order valence-electron chi connectivity index (χ1n) is 4.64. The fraction of sp³-hybridized carbons (Fsp3) is 0.100. The monoisotopic (exact) mass is 279 g/mol. The van der Waals surface area contributed by atoms with E-state index in [0.29, 0.717) is 17.0 Å². The molecule has 0 aliphatic carbocycles. The molecule has 0 fully saturated rings. The van der Waals surface area contributed by atoms with Crippen molar-refractivity contribution in [3.05, 3.63) is 40.6 Å². The van der Waals surface area contributed by atoms with E-state index in [2.05, 4.69) is 31.2 Å². The molecular weight excluding hydrogens is 274 g/mol. The van der Waals surface area contributed by atoms with Gasteiger partial charge in [-0.05, 0) is 33.2 Å². The van der Waals surface area contributed by atoms with Crippen molar-refractivity contribution in [2.24, 2.45) is 0 Å². The largest absolute Gasteiger partial charge is 0.356 e. The third-order valence-electron chi connectivity index (χ3n) is 2.21. The van der Waals surface area contributed by atoms with Crippen LogP contribution in [0.3, 0.4) is 0 Å². The van der Waals surface area contributed by atoms with Gasteiger partial charge < -0.3 is 9.05 Å². The van der Waals surface area contributed by atoms with E-state index >= 15 is 0 Å². The van der Waals surface area contributed by atoms with E-state index in [-0.39, 0.29) is 0 Å². The summed E-state index contributed by atoms with van der Waals surface area (Å²) in [5.74, 6) is 0.505. The highest BCUT2D eigenvalue weighted by Gasteiger charge is 2.12. The fourth-order valence-corrected chi connectivity index (χ4v) is 1.78. The summed E-state index contributed by atoms with van der Waals surface area (Å²) in [6.07, 6.45) is 0.468. The highest BCUT2D eigenvalue weighted by molar-refractivity contribution is 9.10. The number of aromatic nitrogens is 3. The second kappa shape index (κ2) is 3.71. The zero-order valence-corrected chi connectivity index (χ0v) is 9.64. The van der Waals surface area contributed by atoms with E-state index in [0.717, 1.165) is 16.7 Å². The Balaban J connectivity index is 2.00. The molecule has 0 radical (unpaired) electrons. The average molecular weight is 280 g/mol. The lowest BCUT2D eigenvalue weighted by Crippen LogP contribution is -1.88. The molecule has 0 atom stereocenters. The van der Waals surface area contributed by atoms with Crippen LogP contribution in [0.1, 0.15) is 11.6 Å². The smallest absolute Gasteiger partial charge is 0.238 e. The molecular formula is C10H6BrN3O2. The van der Waals surface area contributed by atoms with Gasteiger partial charge >= 0.3 is 0 Å².